The van der Waals surface area contributed by atoms with Gasteiger partial charge in [-0.1, -0.05) is 23.7 Å². The fourth-order valence-corrected chi connectivity index (χ4v) is 2.14. The largest absolute Gasteiger partial charge is 0.310 e. The van der Waals surface area contributed by atoms with Crippen LogP contribution in [0.1, 0.15) is 23.7 Å². The molecule has 0 saturated heterocycles. The summed E-state index contributed by atoms with van der Waals surface area (Å²) in [5.74, 6) is 0. The molecular weight excluding hydrogens is 246 g/mol. The lowest BCUT2D eigenvalue weighted by atomic mass is 10.1. The van der Waals surface area contributed by atoms with E-state index in [1.807, 2.05) is 31.3 Å². The van der Waals surface area contributed by atoms with Crippen LogP contribution in [0.3, 0.4) is 0 Å². The van der Waals surface area contributed by atoms with Gasteiger partial charge in [0.1, 0.15) is 0 Å². The quantitative estimate of drug-likeness (QED) is 0.870. The molecule has 96 valence electrons. The molecular formula is C14H18ClN3. The third kappa shape index (κ3) is 3.59. The predicted octanol–water partition coefficient (Wildman–Crippen LogP) is 3.09. The Balaban J connectivity index is 1.86. The van der Waals surface area contributed by atoms with Gasteiger partial charge in [-0.3, -0.25) is 5.10 Å². The first-order valence-corrected chi connectivity index (χ1v) is 6.49. The van der Waals surface area contributed by atoms with Crippen LogP contribution in [-0.4, -0.2) is 16.2 Å². The van der Waals surface area contributed by atoms with Crippen molar-refractivity contribution in [2.24, 2.45) is 0 Å². The van der Waals surface area contributed by atoms with E-state index in [0.717, 1.165) is 23.7 Å². The Morgan fingerprint density at radius 3 is 2.94 bits per heavy atom. The summed E-state index contributed by atoms with van der Waals surface area (Å²) in [5.41, 5.74) is 3.59. The second-order valence-corrected chi connectivity index (χ2v) is 5.07. The van der Waals surface area contributed by atoms with Crippen molar-refractivity contribution in [2.75, 3.05) is 0 Å². The average Bonchev–Trinajstić information content (AvgIpc) is 2.72. The van der Waals surface area contributed by atoms with Crippen LogP contribution < -0.4 is 5.32 Å². The van der Waals surface area contributed by atoms with Crippen molar-refractivity contribution in [2.45, 2.75) is 32.9 Å². The second-order valence-electron chi connectivity index (χ2n) is 4.64. The van der Waals surface area contributed by atoms with Crippen LogP contribution in [0, 0.1) is 6.92 Å². The number of aromatic amines is 1. The summed E-state index contributed by atoms with van der Waals surface area (Å²) in [6, 6.07) is 8.41. The van der Waals surface area contributed by atoms with Gasteiger partial charge in [0.2, 0.25) is 0 Å². The lowest BCUT2D eigenvalue weighted by Gasteiger charge is -2.13. The highest BCUT2D eigenvalue weighted by Crippen LogP contribution is 2.12. The van der Waals surface area contributed by atoms with Gasteiger partial charge in [0, 0.05) is 28.9 Å². The SMILES string of the molecule is Cc1[nH]ncc1CNC(C)Cc1cccc(Cl)c1. The maximum Gasteiger partial charge on any atom is 0.0535 e. The van der Waals surface area contributed by atoms with Gasteiger partial charge >= 0.3 is 0 Å². The number of nitrogens with one attached hydrogen (secondary N) is 2. The second kappa shape index (κ2) is 6.03. The molecule has 2 aromatic rings. The molecule has 2 N–H and O–H groups in total. The van der Waals surface area contributed by atoms with E-state index in [9.17, 15) is 0 Å². The number of halogens is 1. The molecule has 0 fully saturated rings. The molecule has 0 aliphatic rings. The number of hydrogen-bond donors (Lipinski definition) is 2. The summed E-state index contributed by atoms with van der Waals surface area (Å²) < 4.78 is 0. The molecule has 18 heavy (non-hydrogen) atoms. The molecule has 0 spiro atoms. The summed E-state index contributed by atoms with van der Waals surface area (Å²) in [6.07, 6.45) is 2.84. The highest BCUT2D eigenvalue weighted by atomic mass is 35.5. The van der Waals surface area contributed by atoms with Crippen LogP contribution in [-0.2, 0) is 13.0 Å². The lowest BCUT2D eigenvalue weighted by Crippen LogP contribution is -2.27. The van der Waals surface area contributed by atoms with Crippen molar-refractivity contribution < 1.29 is 0 Å². The number of hydrogen-bond acceptors (Lipinski definition) is 2. The Bertz CT molecular complexity index is 507. The third-order valence-corrected chi connectivity index (χ3v) is 3.24. The van der Waals surface area contributed by atoms with Gasteiger partial charge in [0.05, 0.1) is 6.20 Å². The van der Waals surface area contributed by atoms with Crippen molar-refractivity contribution in [3.05, 3.63) is 52.3 Å². The Labute approximate surface area is 113 Å². The van der Waals surface area contributed by atoms with Crippen molar-refractivity contribution in [1.82, 2.24) is 15.5 Å². The molecule has 2 rings (SSSR count). The molecule has 1 aromatic heterocycles. The smallest absolute Gasteiger partial charge is 0.0535 e. The van der Waals surface area contributed by atoms with Crippen LogP contribution in [0.4, 0.5) is 0 Å². The zero-order chi connectivity index (χ0) is 13.0. The van der Waals surface area contributed by atoms with Gasteiger partial charge in [-0.15, -0.1) is 0 Å². The molecule has 1 heterocycles. The summed E-state index contributed by atoms with van der Waals surface area (Å²) in [6.45, 7) is 5.05. The molecule has 1 atom stereocenters. The minimum Gasteiger partial charge on any atom is -0.310 e. The molecule has 1 aromatic carbocycles. The maximum atomic E-state index is 5.97. The lowest BCUT2D eigenvalue weighted by molar-refractivity contribution is 0.544. The molecule has 0 bridgehead atoms. The first-order valence-electron chi connectivity index (χ1n) is 6.12. The van der Waals surface area contributed by atoms with E-state index in [-0.39, 0.29) is 0 Å². The van der Waals surface area contributed by atoms with Gasteiger partial charge in [-0.05, 0) is 38.0 Å². The number of benzene rings is 1. The molecule has 0 radical (unpaired) electrons. The van der Waals surface area contributed by atoms with E-state index >= 15 is 0 Å². The van der Waals surface area contributed by atoms with Crippen LogP contribution >= 0.6 is 11.6 Å². The number of aryl methyl sites for hydroxylation is 1. The molecule has 0 aliphatic carbocycles. The Kier molecular flexibility index (Phi) is 4.39. The minimum absolute atomic E-state index is 0.401. The van der Waals surface area contributed by atoms with Crippen molar-refractivity contribution in [3.63, 3.8) is 0 Å². The summed E-state index contributed by atoms with van der Waals surface area (Å²) in [4.78, 5) is 0. The van der Waals surface area contributed by atoms with Crippen molar-refractivity contribution >= 4 is 11.6 Å². The van der Waals surface area contributed by atoms with Gasteiger partial charge in [0.15, 0.2) is 0 Å². The zero-order valence-electron chi connectivity index (χ0n) is 10.7. The van der Waals surface area contributed by atoms with Gasteiger partial charge < -0.3 is 5.32 Å². The first-order chi connectivity index (χ1) is 8.65. The monoisotopic (exact) mass is 263 g/mol. The van der Waals surface area contributed by atoms with Gasteiger partial charge in [0.25, 0.3) is 0 Å². The van der Waals surface area contributed by atoms with Crippen LogP contribution in [0.15, 0.2) is 30.5 Å². The van der Waals surface area contributed by atoms with E-state index in [1.54, 1.807) is 0 Å². The number of nitrogens with zero attached hydrogens (tertiary/aromatic N) is 1. The summed E-state index contributed by atoms with van der Waals surface area (Å²) >= 11 is 5.97. The van der Waals surface area contributed by atoms with E-state index in [1.165, 1.54) is 11.1 Å². The van der Waals surface area contributed by atoms with Gasteiger partial charge in [-0.25, -0.2) is 0 Å². The number of H-pyrrole nitrogens is 1. The normalized spacial score (nSPS) is 12.6. The van der Waals surface area contributed by atoms with Crippen LogP contribution in [0.5, 0.6) is 0 Å². The topological polar surface area (TPSA) is 40.7 Å². The molecule has 3 nitrogen and oxygen atoms in total. The standard InChI is InChI=1S/C14H18ClN3/c1-10(6-12-4-3-5-14(15)7-12)16-8-13-9-17-18-11(13)2/h3-5,7,9-10,16H,6,8H2,1-2H3,(H,17,18). The highest BCUT2D eigenvalue weighted by molar-refractivity contribution is 6.30. The Morgan fingerprint density at radius 2 is 2.28 bits per heavy atom. The summed E-state index contributed by atoms with van der Waals surface area (Å²) in [7, 11) is 0. The first kappa shape index (κ1) is 13.1. The van der Waals surface area contributed by atoms with E-state index in [0.29, 0.717) is 6.04 Å². The maximum absolute atomic E-state index is 5.97. The fraction of sp³-hybridized carbons (Fsp3) is 0.357. The number of rotatable bonds is 5. The van der Waals surface area contributed by atoms with Crippen molar-refractivity contribution in [3.8, 4) is 0 Å². The molecule has 0 saturated carbocycles. The summed E-state index contributed by atoms with van der Waals surface area (Å²) in [5, 5.41) is 11.2. The predicted molar refractivity (Wildman–Crippen MR) is 74.8 cm³/mol. The van der Waals surface area contributed by atoms with Crippen molar-refractivity contribution in [1.29, 1.82) is 0 Å². The number of aromatic nitrogens is 2. The zero-order valence-corrected chi connectivity index (χ0v) is 11.5. The minimum atomic E-state index is 0.401. The molecule has 4 heteroatoms. The van der Waals surface area contributed by atoms with Crippen LogP contribution in [0.25, 0.3) is 0 Å². The Morgan fingerprint density at radius 1 is 1.44 bits per heavy atom. The molecule has 1 unspecified atom stereocenters. The molecule has 0 aliphatic heterocycles. The fourth-order valence-electron chi connectivity index (χ4n) is 1.93. The van der Waals surface area contributed by atoms with E-state index < -0.39 is 0 Å². The Hall–Kier alpha value is -1.32. The third-order valence-electron chi connectivity index (χ3n) is 3.01. The van der Waals surface area contributed by atoms with E-state index in [4.69, 9.17) is 11.6 Å². The average molecular weight is 264 g/mol. The molecule has 0 amide bonds. The highest BCUT2D eigenvalue weighted by Gasteiger charge is 2.05. The van der Waals surface area contributed by atoms with Crippen LogP contribution in [0.2, 0.25) is 5.02 Å². The van der Waals surface area contributed by atoms with E-state index in [2.05, 4.69) is 28.5 Å². The van der Waals surface area contributed by atoms with Gasteiger partial charge in [-0.2, -0.15) is 5.10 Å².